The zero-order valence-electron chi connectivity index (χ0n) is 19.2. The summed E-state index contributed by atoms with van der Waals surface area (Å²) in [5, 5.41) is 0. The van der Waals surface area contributed by atoms with Crippen LogP contribution in [-0.2, 0) is 9.84 Å². The fourth-order valence-electron chi connectivity index (χ4n) is 3.95. The van der Waals surface area contributed by atoms with Crippen LogP contribution in [-0.4, -0.2) is 48.2 Å². The molecule has 0 fully saturated rings. The summed E-state index contributed by atoms with van der Waals surface area (Å²) in [6.45, 7) is -1.31. The van der Waals surface area contributed by atoms with Crippen molar-refractivity contribution in [3.63, 3.8) is 0 Å². The second-order valence-electron chi connectivity index (χ2n) is 8.00. The molecule has 190 valence electrons. The molecule has 2 aromatic carbocycles. The van der Waals surface area contributed by atoms with E-state index in [1.807, 2.05) is 0 Å². The molecule has 36 heavy (non-hydrogen) atoms. The van der Waals surface area contributed by atoms with E-state index in [9.17, 15) is 26.4 Å². The van der Waals surface area contributed by atoms with Gasteiger partial charge in [0.05, 0.1) is 23.9 Å². The highest BCUT2D eigenvalue weighted by Crippen LogP contribution is 2.34. The minimum atomic E-state index is -3.64. The number of benzene rings is 2. The first-order valence-electron chi connectivity index (χ1n) is 10.8. The normalized spacial score (nSPS) is 12.7. The molecule has 1 atom stereocenters. The number of nitrogens with one attached hydrogen (secondary N) is 1. The number of rotatable bonds is 9. The van der Waals surface area contributed by atoms with Gasteiger partial charge in [-0.15, -0.1) is 0 Å². The van der Waals surface area contributed by atoms with E-state index in [0.29, 0.717) is 11.1 Å². The third-order valence-corrected chi connectivity index (χ3v) is 6.30. The maximum atomic E-state index is 14.3. The van der Waals surface area contributed by atoms with E-state index in [0.717, 1.165) is 6.26 Å². The van der Waals surface area contributed by atoms with Gasteiger partial charge in [-0.1, -0.05) is 24.3 Å². The first-order chi connectivity index (χ1) is 17.1. The van der Waals surface area contributed by atoms with Crippen LogP contribution in [0.5, 0.6) is 11.5 Å². The van der Waals surface area contributed by atoms with E-state index < -0.39 is 39.8 Å². The average Bonchev–Trinajstić information content (AvgIpc) is 3.13. The highest BCUT2D eigenvalue weighted by Gasteiger charge is 2.26. The fraction of sp³-hybridized carbons (Fsp3) is 0.250. The van der Waals surface area contributed by atoms with Crippen molar-refractivity contribution in [3.05, 3.63) is 76.6 Å². The van der Waals surface area contributed by atoms with Crippen LogP contribution in [0.15, 0.2) is 59.5 Å². The Morgan fingerprint density at radius 3 is 2.53 bits per heavy atom. The Morgan fingerprint density at radius 2 is 1.86 bits per heavy atom. The largest absolute Gasteiger partial charge is 0.490 e. The van der Waals surface area contributed by atoms with Gasteiger partial charge in [0.15, 0.2) is 17.1 Å². The number of H-pyrrole nitrogens is 1. The molecule has 0 aliphatic rings. The summed E-state index contributed by atoms with van der Waals surface area (Å²) in [4.78, 5) is 20.0. The maximum absolute atomic E-state index is 14.3. The van der Waals surface area contributed by atoms with Crippen molar-refractivity contribution in [3.8, 4) is 22.6 Å². The first-order valence-corrected chi connectivity index (χ1v) is 12.9. The molecular formula is C24H22F3N3O5S. The molecule has 8 nitrogen and oxygen atoms in total. The summed E-state index contributed by atoms with van der Waals surface area (Å²) in [5.41, 5.74) is 0.752. The van der Waals surface area contributed by atoms with E-state index in [2.05, 4.69) is 14.7 Å². The van der Waals surface area contributed by atoms with Crippen molar-refractivity contribution >= 4 is 21.0 Å². The number of imidazole rings is 1. The highest BCUT2D eigenvalue weighted by atomic mass is 32.2. The molecule has 4 rings (SSSR count). The van der Waals surface area contributed by atoms with E-state index in [1.54, 1.807) is 31.2 Å². The standard InChI is InChI=1S/C24H22F3N3O5S/c1-3-34-21-11-14(8-9-20(21)35-23(26)27)19(13-36(2,32)33)30-22-18(29-24(30)31)10-15(12-28-22)16-6-4-5-7-17(16)25/h4-12,19,23H,3,13H2,1-2H3,(H,29,31)/t19-/m0/s1. The molecule has 1 N–H and O–H groups in total. The lowest BCUT2D eigenvalue weighted by Crippen LogP contribution is -2.28. The molecule has 0 unspecified atom stereocenters. The van der Waals surface area contributed by atoms with Gasteiger partial charge in [0.1, 0.15) is 15.7 Å². The number of hydrogen-bond donors (Lipinski definition) is 1. The van der Waals surface area contributed by atoms with E-state index in [1.165, 1.54) is 35.0 Å². The number of pyridine rings is 1. The van der Waals surface area contributed by atoms with Crippen molar-refractivity contribution in [2.75, 3.05) is 18.6 Å². The van der Waals surface area contributed by atoms with Crippen LogP contribution in [0.2, 0.25) is 0 Å². The van der Waals surface area contributed by atoms with Gasteiger partial charge in [-0.05, 0) is 36.8 Å². The maximum Gasteiger partial charge on any atom is 0.387 e. The Bertz CT molecular complexity index is 1570. The topological polar surface area (TPSA) is 103 Å². The Labute approximate surface area is 204 Å². The Morgan fingerprint density at radius 1 is 1.11 bits per heavy atom. The second kappa shape index (κ2) is 10.1. The van der Waals surface area contributed by atoms with Gasteiger partial charge in [-0.3, -0.25) is 4.57 Å². The molecule has 0 saturated heterocycles. The third kappa shape index (κ3) is 5.38. The molecule has 0 amide bonds. The Hall–Kier alpha value is -3.80. The van der Waals surface area contributed by atoms with Gasteiger partial charge in [0, 0.05) is 23.6 Å². The molecule has 2 aromatic heterocycles. The Kier molecular flexibility index (Phi) is 7.07. The summed E-state index contributed by atoms with van der Waals surface area (Å²) in [7, 11) is -3.64. The SMILES string of the molecule is CCOc1cc([C@H](CS(C)(=O)=O)n2c(=O)[nH]c3cc(-c4ccccc4F)cnc32)ccc1OC(F)F. The van der Waals surface area contributed by atoms with Crippen LogP contribution < -0.4 is 15.2 Å². The van der Waals surface area contributed by atoms with Crippen LogP contribution in [0.1, 0.15) is 18.5 Å². The number of nitrogens with zero attached hydrogens (tertiary/aromatic N) is 2. The van der Waals surface area contributed by atoms with Crippen molar-refractivity contribution in [2.24, 2.45) is 0 Å². The van der Waals surface area contributed by atoms with Crippen LogP contribution in [0.4, 0.5) is 13.2 Å². The number of ether oxygens (including phenoxy) is 2. The molecule has 2 heterocycles. The zero-order valence-corrected chi connectivity index (χ0v) is 20.1. The van der Waals surface area contributed by atoms with Gasteiger partial charge in [-0.2, -0.15) is 8.78 Å². The van der Waals surface area contributed by atoms with Crippen molar-refractivity contribution < 1.29 is 31.1 Å². The fourth-order valence-corrected chi connectivity index (χ4v) is 4.86. The van der Waals surface area contributed by atoms with Crippen molar-refractivity contribution in [2.45, 2.75) is 19.6 Å². The number of fused-ring (bicyclic) bond motifs is 1. The molecule has 4 aromatic rings. The molecular weight excluding hydrogens is 499 g/mol. The number of sulfone groups is 1. The number of aromatic amines is 1. The quantitative estimate of drug-likeness (QED) is 0.355. The zero-order chi connectivity index (χ0) is 26.0. The van der Waals surface area contributed by atoms with Crippen LogP contribution in [0, 0.1) is 5.82 Å². The summed E-state index contributed by atoms with van der Waals surface area (Å²) in [5.74, 6) is -1.22. The second-order valence-corrected chi connectivity index (χ2v) is 10.2. The van der Waals surface area contributed by atoms with E-state index in [4.69, 9.17) is 4.74 Å². The molecule has 0 spiro atoms. The lowest BCUT2D eigenvalue weighted by Gasteiger charge is -2.20. The minimum absolute atomic E-state index is 0.0310. The molecule has 12 heteroatoms. The van der Waals surface area contributed by atoms with Crippen LogP contribution >= 0.6 is 0 Å². The predicted molar refractivity (Wildman–Crippen MR) is 128 cm³/mol. The van der Waals surface area contributed by atoms with Gasteiger partial charge >= 0.3 is 12.3 Å². The van der Waals surface area contributed by atoms with Gasteiger partial charge < -0.3 is 14.5 Å². The third-order valence-electron chi connectivity index (χ3n) is 5.38. The first kappa shape index (κ1) is 25.3. The lowest BCUT2D eigenvalue weighted by molar-refractivity contribution is -0.0514. The Balaban J connectivity index is 1.87. The summed E-state index contributed by atoms with van der Waals surface area (Å²) >= 11 is 0. The van der Waals surface area contributed by atoms with Crippen LogP contribution in [0.3, 0.4) is 0 Å². The number of alkyl halides is 2. The predicted octanol–water partition coefficient (Wildman–Crippen LogP) is 4.16. The molecule has 0 aliphatic carbocycles. The van der Waals surface area contributed by atoms with E-state index >= 15 is 0 Å². The number of hydrogen-bond acceptors (Lipinski definition) is 6. The minimum Gasteiger partial charge on any atom is -0.490 e. The van der Waals surface area contributed by atoms with Crippen molar-refractivity contribution in [1.29, 1.82) is 0 Å². The number of halogens is 3. The monoisotopic (exact) mass is 521 g/mol. The van der Waals surface area contributed by atoms with Crippen molar-refractivity contribution in [1.82, 2.24) is 14.5 Å². The van der Waals surface area contributed by atoms with E-state index in [-0.39, 0.29) is 34.8 Å². The molecule has 0 aliphatic heterocycles. The van der Waals surface area contributed by atoms with Gasteiger partial charge in [-0.25, -0.2) is 22.6 Å². The molecule has 0 radical (unpaired) electrons. The summed E-state index contributed by atoms with van der Waals surface area (Å²) in [6.07, 6.45) is 2.40. The average molecular weight is 522 g/mol. The summed E-state index contributed by atoms with van der Waals surface area (Å²) < 4.78 is 75.6. The molecule has 0 bridgehead atoms. The lowest BCUT2D eigenvalue weighted by atomic mass is 10.1. The summed E-state index contributed by atoms with van der Waals surface area (Å²) in [6, 6.07) is 10.5. The number of aromatic nitrogens is 3. The van der Waals surface area contributed by atoms with Crippen LogP contribution in [0.25, 0.3) is 22.3 Å². The smallest absolute Gasteiger partial charge is 0.387 e. The van der Waals surface area contributed by atoms with Gasteiger partial charge in [0.25, 0.3) is 0 Å². The molecule has 0 saturated carbocycles. The highest BCUT2D eigenvalue weighted by molar-refractivity contribution is 7.90. The van der Waals surface area contributed by atoms with Gasteiger partial charge in [0.2, 0.25) is 0 Å².